The summed E-state index contributed by atoms with van der Waals surface area (Å²) in [6.07, 6.45) is 4.68. The first-order valence-electron chi connectivity index (χ1n) is 12.3. The van der Waals surface area contributed by atoms with Crippen molar-refractivity contribution < 1.29 is 18.3 Å². The standard InChI is InChI=1S/C29H28F2N2O2S/c1-17(2)26-27(29(34)32-16-18-9-12-22(30)23(31)14-18)21-11-10-20(35-19-6-3-4-7-19)15-24(21)33-28(26)25-8-5-13-36-25/h5,8-15,17,19H,3-4,6-7,16H2,1-2H3,(H,32,34). The normalized spacial score (nSPS) is 14.0. The molecule has 4 aromatic rings. The Morgan fingerprint density at radius 2 is 1.92 bits per heavy atom. The fourth-order valence-corrected chi connectivity index (χ4v) is 5.59. The molecule has 1 amide bonds. The number of carbonyl (C=O) groups is 1. The Hall–Kier alpha value is -3.32. The minimum atomic E-state index is -0.936. The average molecular weight is 507 g/mol. The lowest BCUT2D eigenvalue weighted by Crippen LogP contribution is -2.25. The van der Waals surface area contributed by atoms with E-state index in [0.29, 0.717) is 16.6 Å². The number of hydrogen-bond donors (Lipinski definition) is 1. The van der Waals surface area contributed by atoms with Gasteiger partial charge in [-0.3, -0.25) is 4.79 Å². The molecular weight excluding hydrogens is 478 g/mol. The molecule has 0 radical (unpaired) electrons. The van der Waals surface area contributed by atoms with Gasteiger partial charge in [0, 0.05) is 18.0 Å². The lowest BCUT2D eigenvalue weighted by atomic mass is 9.91. The summed E-state index contributed by atoms with van der Waals surface area (Å²) in [4.78, 5) is 19.7. The van der Waals surface area contributed by atoms with Crippen LogP contribution in [0.1, 0.15) is 66.9 Å². The summed E-state index contributed by atoms with van der Waals surface area (Å²) in [5.41, 5.74) is 3.36. The number of amides is 1. The quantitative estimate of drug-likeness (QED) is 0.281. The largest absolute Gasteiger partial charge is 0.490 e. The van der Waals surface area contributed by atoms with Crippen LogP contribution in [0.3, 0.4) is 0 Å². The molecule has 0 aliphatic heterocycles. The summed E-state index contributed by atoms with van der Waals surface area (Å²) >= 11 is 1.58. The van der Waals surface area contributed by atoms with E-state index in [1.807, 2.05) is 49.6 Å². The lowest BCUT2D eigenvalue weighted by Gasteiger charge is -2.20. The highest BCUT2D eigenvalue weighted by Crippen LogP contribution is 2.38. The highest BCUT2D eigenvalue weighted by Gasteiger charge is 2.25. The second-order valence-electron chi connectivity index (χ2n) is 9.52. The molecule has 1 N–H and O–H groups in total. The minimum Gasteiger partial charge on any atom is -0.490 e. The van der Waals surface area contributed by atoms with Crippen LogP contribution >= 0.6 is 11.3 Å². The summed E-state index contributed by atoms with van der Waals surface area (Å²) in [6, 6.07) is 13.3. The van der Waals surface area contributed by atoms with Crippen molar-refractivity contribution in [2.24, 2.45) is 0 Å². The molecule has 4 nitrogen and oxygen atoms in total. The van der Waals surface area contributed by atoms with Crippen LogP contribution in [0.2, 0.25) is 0 Å². The maximum atomic E-state index is 13.7. The number of aromatic nitrogens is 1. The van der Waals surface area contributed by atoms with E-state index in [4.69, 9.17) is 9.72 Å². The first-order chi connectivity index (χ1) is 17.4. The lowest BCUT2D eigenvalue weighted by molar-refractivity contribution is 0.0951. The number of carbonyl (C=O) groups excluding carboxylic acids is 1. The van der Waals surface area contributed by atoms with Crippen LogP contribution in [0.15, 0.2) is 53.9 Å². The van der Waals surface area contributed by atoms with Gasteiger partial charge in [0.05, 0.1) is 27.8 Å². The number of rotatable bonds is 7. The van der Waals surface area contributed by atoms with E-state index < -0.39 is 11.6 Å². The second kappa shape index (κ2) is 10.3. The van der Waals surface area contributed by atoms with Gasteiger partial charge in [-0.1, -0.05) is 26.0 Å². The van der Waals surface area contributed by atoms with Gasteiger partial charge in [-0.2, -0.15) is 0 Å². The van der Waals surface area contributed by atoms with Crippen LogP contribution in [0.4, 0.5) is 8.78 Å². The molecule has 1 aliphatic rings. The summed E-state index contributed by atoms with van der Waals surface area (Å²) in [5.74, 6) is -1.35. The monoisotopic (exact) mass is 506 g/mol. The number of hydrogen-bond acceptors (Lipinski definition) is 4. The fraction of sp³-hybridized carbons (Fsp3) is 0.310. The van der Waals surface area contributed by atoms with E-state index >= 15 is 0 Å². The zero-order chi connectivity index (χ0) is 25.2. The van der Waals surface area contributed by atoms with Gasteiger partial charge < -0.3 is 10.1 Å². The van der Waals surface area contributed by atoms with Gasteiger partial charge in [0.1, 0.15) is 5.75 Å². The molecule has 0 saturated heterocycles. The van der Waals surface area contributed by atoms with Gasteiger partial charge in [-0.25, -0.2) is 13.8 Å². The van der Waals surface area contributed by atoms with E-state index in [9.17, 15) is 13.6 Å². The number of halogens is 2. The Morgan fingerprint density at radius 1 is 1.11 bits per heavy atom. The molecule has 0 spiro atoms. The van der Waals surface area contributed by atoms with Crippen molar-refractivity contribution in [3.8, 4) is 16.3 Å². The van der Waals surface area contributed by atoms with Crippen LogP contribution in [0.5, 0.6) is 5.75 Å². The highest BCUT2D eigenvalue weighted by atomic mass is 32.1. The summed E-state index contributed by atoms with van der Waals surface area (Å²) in [6.45, 7) is 4.17. The Labute approximate surface area is 213 Å². The molecule has 2 aromatic heterocycles. The van der Waals surface area contributed by atoms with Gasteiger partial charge in [0.15, 0.2) is 11.6 Å². The topological polar surface area (TPSA) is 51.2 Å². The van der Waals surface area contributed by atoms with Gasteiger partial charge >= 0.3 is 0 Å². The van der Waals surface area contributed by atoms with E-state index in [-0.39, 0.29) is 24.5 Å². The summed E-state index contributed by atoms with van der Waals surface area (Å²) in [7, 11) is 0. The molecular formula is C29H28F2N2O2S. The van der Waals surface area contributed by atoms with E-state index in [1.54, 1.807) is 11.3 Å². The molecule has 36 heavy (non-hydrogen) atoms. The third-order valence-electron chi connectivity index (χ3n) is 6.60. The van der Waals surface area contributed by atoms with Crippen molar-refractivity contribution >= 4 is 28.1 Å². The third kappa shape index (κ3) is 4.98. The summed E-state index contributed by atoms with van der Waals surface area (Å²) < 4.78 is 33.2. The van der Waals surface area contributed by atoms with Crippen molar-refractivity contribution in [2.75, 3.05) is 0 Å². The Bertz CT molecular complexity index is 1400. The predicted molar refractivity (Wildman–Crippen MR) is 140 cm³/mol. The van der Waals surface area contributed by atoms with E-state index in [0.717, 1.165) is 52.2 Å². The third-order valence-corrected chi connectivity index (χ3v) is 7.47. The molecule has 1 fully saturated rings. The fourth-order valence-electron chi connectivity index (χ4n) is 4.86. The Kier molecular flexibility index (Phi) is 7.01. The molecule has 1 aliphatic carbocycles. The van der Waals surface area contributed by atoms with Crippen molar-refractivity contribution in [3.63, 3.8) is 0 Å². The number of ether oxygens (including phenoxy) is 1. The molecule has 2 aromatic carbocycles. The Morgan fingerprint density at radius 3 is 2.61 bits per heavy atom. The van der Waals surface area contributed by atoms with Crippen molar-refractivity contribution in [1.82, 2.24) is 10.3 Å². The van der Waals surface area contributed by atoms with Gasteiger partial charge in [-0.15, -0.1) is 11.3 Å². The van der Waals surface area contributed by atoms with Crippen LogP contribution in [-0.2, 0) is 6.54 Å². The molecule has 1 saturated carbocycles. The number of pyridine rings is 1. The molecule has 186 valence electrons. The first kappa shape index (κ1) is 24.4. The van der Waals surface area contributed by atoms with Gasteiger partial charge in [0.25, 0.3) is 5.91 Å². The zero-order valence-corrected chi connectivity index (χ0v) is 21.1. The number of benzene rings is 2. The first-order valence-corrected chi connectivity index (χ1v) is 13.2. The Balaban J connectivity index is 1.58. The van der Waals surface area contributed by atoms with Gasteiger partial charge in [0.2, 0.25) is 0 Å². The number of fused-ring (bicyclic) bond motifs is 1. The van der Waals surface area contributed by atoms with E-state index in [1.165, 1.54) is 18.9 Å². The zero-order valence-electron chi connectivity index (χ0n) is 20.3. The number of nitrogens with zero attached hydrogens (tertiary/aromatic N) is 1. The molecule has 0 bridgehead atoms. The predicted octanol–water partition coefficient (Wildman–Crippen LogP) is 7.62. The molecule has 0 unspecified atom stereocenters. The van der Waals surface area contributed by atoms with Crippen LogP contribution in [0, 0.1) is 11.6 Å². The van der Waals surface area contributed by atoms with E-state index in [2.05, 4.69) is 5.32 Å². The van der Waals surface area contributed by atoms with Crippen molar-refractivity contribution in [3.05, 3.63) is 82.2 Å². The molecule has 0 atom stereocenters. The maximum absolute atomic E-state index is 13.7. The van der Waals surface area contributed by atoms with Crippen LogP contribution in [0.25, 0.3) is 21.5 Å². The number of thiophene rings is 1. The highest BCUT2D eigenvalue weighted by molar-refractivity contribution is 7.13. The number of nitrogens with one attached hydrogen (secondary N) is 1. The maximum Gasteiger partial charge on any atom is 0.252 e. The van der Waals surface area contributed by atoms with Crippen LogP contribution < -0.4 is 10.1 Å². The molecule has 7 heteroatoms. The SMILES string of the molecule is CC(C)c1c(-c2cccs2)nc2cc(OC3CCCC3)ccc2c1C(=O)NCc1ccc(F)c(F)c1. The summed E-state index contributed by atoms with van der Waals surface area (Å²) in [5, 5.41) is 5.64. The molecule has 5 rings (SSSR count). The van der Waals surface area contributed by atoms with Crippen molar-refractivity contribution in [2.45, 2.75) is 58.1 Å². The minimum absolute atomic E-state index is 0.0254. The smallest absolute Gasteiger partial charge is 0.252 e. The second-order valence-corrected chi connectivity index (χ2v) is 10.5. The van der Waals surface area contributed by atoms with Gasteiger partial charge in [-0.05, 0) is 78.4 Å². The van der Waals surface area contributed by atoms with Crippen LogP contribution in [-0.4, -0.2) is 17.0 Å². The van der Waals surface area contributed by atoms with Crippen molar-refractivity contribution in [1.29, 1.82) is 0 Å². The average Bonchev–Trinajstić information content (AvgIpc) is 3.58. The molecule has 2 heterocycles.